The Bertz CT molecular complexity index is 1050. The first-order chi connectivity index (χ1) is 15.2. The SMILES string of the molecule is O=C(N[C@H]1CN[C@H](Cc2cccc(F)c2)C1)OCC1c2ccccc2-c2ccccc21. The molecule has 5 rings (SSSR count). The molecule has 1 heterocycles. The molecular formula is C26H25FN2O2. The van der Waals surface area contributed by atoms with Crippen molar-refractivity contribution in [2.45, 2.75) is 30.8 Å². The van der Waals surface area contributed by atoms with Crippen LogP contribution in [0.25, 0.3) is 11.1 Å². The Kier molecular flexibility index (Phi) is 5.43. The summed E-state index contributed by atoms with van der Waals surface area (Å²) in [5.41, 5.74) is 5.79. The lowest BCUT2D eigenvalue weighted by molar-refractivity contribution is 0.139. The van der Waals surface area contributed by atoms with Crippen LogP contribution in [-0.2, 0) is 11.2 Å². The Morgan fingerprint density at radius 3 is 2.42 bits per heavy atom. The minimum absolute atomic E-state index is 0.00853. The molecule has 2 aliphatic rings. The van der Waals surface area contributed by atoms with Crippen LogP contribution in [0.3, 0.4) is 0 Å². The number of amides is 1. The fourth-order valence-electron chi connectivity index (χ4n) is 4.84. The van der Waals surface area contributed by atoms with Crippen molar-refractivity contribution < 1.29 is 13.9 Å². The number of carbonyl (C=O) groups is 1. The van der Waals surface area contributed by atoms with E-state index in [0.717, 1.165) is 18.4 Å². The fraction of sp³-hybridized carbons (Fsp3) is 0.269. The molecule has 0 radical (unpaired) electrons. The molecule has 1 aliphatic heterocycles. The van der Waals surface area contributed by atoms with Crippen LogP contribution < -0.4 is 10.6 Å². The maximum Gasteiger partial charge on any atom is 0.407 e. The van der Waals surface area contributed by atoms with Gasteiger partial charge in [-0.3, -0.25) is 0 Å². The molecule has 2 atom stereocenters. The van der Waals surface area contributed by atoms with E-state index in [1.54, 1.807) is 12.1 Å². The number of fused-ring (bicyclic) bond motifs is 3. The number of hydrogen-bond acceptors (Lipinski definition) is 3. The summed E-state index contributed by atoms with van der Waals surface area (Å²) in [6.07, 6.45) is 1.14. The molecule has 1 aliphatic carbocycles. The van der Waals surface area contributed by atoms with E-state index in [0.29, 0.717) is 13.2 Å². The maximum absolute atomic E-state index is 13.4. The lowest BCUT2D eigenvalue weighted by atomic mass is 9.98. The largest absolute Gasteiger partial charge is 0.449 e. The van der Waals surface area contributed by atoms with Gasteiger partial charge in [0.15, 0.2) is 0 Å². The zero-order valence-electron chi connectivity index (χ0n) is 17.2. The average molecular weight is 416 g/mol. The summed E-state index contributed by atoms with van der Waals surface area (Å²) < 4.78 is 19.0. The number of ether oxygens (including phenoxy) is 1. The highest BCUT2D eigenvalue weighted by Gasteiger charge is 2.30. The highest BCUT2D eigenvalue weighted by Crippen LogP contribution is 2.44. The molecular weight excluding hydrogens is 391 g/mol. The van der Waals surface area contributed by atoms with Crippen molar-refractivity contribution in [3.63, 3.8) is 0 Å². The summed E-state index contributed by atoms with van der Waals surface area (Å²) in [7, 11) is 0. The van der Waals surface area contributed by atoms with Crippen molar-refractivity contribution >= 4 is 6.09 Å². The van der Waals surface area contributed by atoms with Gasteiger partial charge in [0.2, 0.25) is 0 Å². The normalized spacial score (nSPS) is 19.6. The van der Waals surface area contributed by atoms with Crippen molar-refractivity contribution in [1.82, 2.24) is 10.6 Å². The number of carbonyl (C=O) groups excluding carboxylic acids is 1. The van der Waals surface area contributed by atoms with E-state index in [1.807, 2.05) is 30.3 Å². The molecule has 5 heteroatoms. The molecule has 31 heavy (non-hydrogen) atoms. The van der Waals surface area contributed by atoms with Crippen LogP contribution in [0, 0.1) is 5.82 Å². The first-order valence-electron chi connectivity index (χ1n) is 10.8. The highest BCUT2D eigenvalue weighted by molar-refractivity contribution is 5.79. The van der Waals surface area contributed by atoms with Crippen LogP contribution >= 0.6 is 0 Å². The molecule has 0 aromatic heterocycles. The molecule has 4 nitrogen and oxygen atoms in total. The van der Waals surface area contributed by atoms with Gasteiger partial charge in [0.05, 0.1) is 0 Å². The Morgan fingerprint density at radius 1 is 1.00 bits per heavy atom. The van der Waals surface area contributed by atoms with Crippen molar-refractivity contribution in [3.8, 4) is 11.1 Å². The van der Waals surface area contributed by atoms with E-state index < -0.39 is 0 Å². The predicted molar refractivity (Wildman–Crippen MR) is 119 cm³/mol. The molecule has 0 unspecified atom stereocenters. The zero-order valence-corrected chi connectivity index (χ0v) is 17.2. The molecule has 1 fully saturated rings. The number of rotatable bonds is 5. The van der Waals surface area contributed by atoms with Crippen LogP contribution in [0.5, 0.6) is 0 Å². The lowest BCUT2D eigenvalue weighted by Crippen LogP contribution is -2.37. The van der Waals surface area contributed by atoms with Gasteiger partial charge in [-0.25, -0.2) is 9.18 Å². The van der Waals surface area contributed by atoms with Crippen molar-refractivity contribution in [2.24, 2.45) is 0 Å². The molecule has 1 amide bonds. The second-order valence-electron chi connectivity index (χ2n) is 8.34. The number of alkyl carbamates (subject to hydrolysis) is 1. The first-order valence-corrected chi connectivity index (χ1v) is 10.8. The Balaban J connectivity index is 1.16. The molecule has 158 valence electrons. The highest BCUT2D eigenvalue weighted by atomic mass is 19.1. The zero-order chi connectivity index (χ0) is 21.2. The molecule has 1 saturated heterocycles. The van der Waals surface area contributed by atoms with E-state index in [4.69, 9.17) is 4.74 Å². The molecule has 3 aromatic carbocycles. The molecule has 3 aromatic rings. The molecule has 2 N–H and O–H groups in total. The van der Waals surface area contributed by atoms with E-state index in [-0.39, 0.29) is 29.9 Å². The summed E-state index contributed by atoms with van der Waals surface area (Å²) in [6, 6.07) is 23.5. The monoisotopic (exact) mass is 416 g/mol. The second kappa shape index (κ2) is 8.52. The summed E-state index contributed by atoms with van der Waals surface area (Å²) in [6.45, 7) is 0.997. The van der Waals surface area contributed by atoms with E-state index in [1.165, 1.54) is 28.3 Å². The van der Waals surface area contributed by atoms with Gasteiger partial charge in [0.1, 0.15) is 12.4 Å². The molecule has 0 saturated carbocycles. The Morgan fingerprint density at radius 2 is 1.71 bits per heavy atom. The third-order valence-corrected chi connectivity index (χ3v) is 6.26. The van der Waals surface area contributed by atoms with Gasteiger partial charge in [-0.15, -0.1) is 0 Å². The smallest absolute Gasteiger partial charge is 0.407 e. The van der Waals surface area contributed by atoms with Gasteiger partial charge in [0.25, 0.3) is 0 Å². The quantitative estimate of drug-likeness (QED) is 0.637. The van der Waals surface area contributed by atoms with Crippen molar-refractivity contribution in [3.05, 3.63) is 95.3 Å². The van der Waals surface area contributed by atoms with Gasteiger partial charge in [-0.1, -0.05) is 60.7 Å². The van der Waals surface area contributed by atoms with Gasteiger partial charge in [-0.05, 0) is 52.8 Å². The van der Waals surface area contributed by atoms with E-state index in [9.17, 15) is 9.18 Å². The summed E-state index contributed by atoms with van der Waals surface area (Å²) >= 11 is 0. The first kappa shape index (κ1) is 19.8. The minimum Gasteiger partial charge on any atom is -0.449 e. The van der Waals surface area contributed by atoms with Crippen LogP contribution in [-0.4, -0.2) is 31.3 Å². The maximum atomic E-state index is 13.4. The van der Waals surface area contributed by atoms with Gasteiger partial charge < -0.3 is 15.4 Å². The Hall–Kier alpha value is -3.18. The summed E-state index contributed by atoms with van der Waals surface area (Å²) in [5, 5.41) is 6.39. The third-order valence-electron chi connectivity index (χ3n) is 6.26. The number of nitrogens with one attached hydrogen (secondary N) is 2. The average Bonchev–Trinajstić information content (AvgIpc) is 3.34. The Labute approximate surface area is 181 Å². The number of hydrogen-bond donors (Lipinski definition) is 2. The standard InChI is InChI=1S/C26H25FN2O2/c27-18-7-5-6-17(12-18)13-19-14-20(15-28-19)29-26(30)31-16-25-23-10-3-1-8-21(23)22-9-2-4-11-24(22)25/h1-12,19-20,25,28H,13-16H2,(H,29,30)/t19-,20-/m1/s1. The molecule has 0 spiro atoms. The second-order valence-corrected chi connectivity index (χ2v) is 8.34. The predicted octanol–water partition coefficient (Wildman–Crippen LogP) is 4.64. The van der Waals surface area contributed by atoms with Gasteiger partial charge in [-0.2, -0.15) is 0 Å². The van der Waals surface area contributed by atoms with Crippen molar-refractivity contribution in [1.29, 1.82) is 0 Å². The van der Waals surface area contributed by atoms with Gasteiger partial charge in [0, 0.05) is 24.5 Å². The number of benzene rings is 3. The number of halogens is 1. The van der Waals surface area contributed by atoms with Crippen LogP contribution in [0.15, 0.2) is 72.8 Å². The summed E-state index contributed by atoms with van der Waals surface area (Å²) in [4.78, 5) is 12.5. The van der Waals surface area contributed by atoms with Gasteiger partial charge >= 0.3 is 6.09 Å². The third kappa shape index (κ3) is 4.19. The fourth-order valence-corrected chi connectivity index (χ4v) is 4.84. The van der Waals surface area contributed by atoms with E-state index >= 15 is 0 Å². The minimum atomic E-state index is -0.389. The lowest BCUT2D eigenvalue weighted by Gasteiger charge is -2.16. The van der Waals surface area contributed by atoms with Crippen LogP contribution in [0.4, 0.5) is 9.18 Å². The molecule has 0 bridgehead atoms. The van der Waals surface area contributed by atoms with E-state index in [2.05, 4.69) is 34.9 Å². The van der Waals surface area contributed by atoms with Crippen LogP contribution in [0.1, 0.15) is 29.0 Å². The summed E-state index contributed by atoms with van der Waals surface area (Å²) in [5.74, 6) is -0.163. The van der Waals surface area contributed by atoms with Crippen LogP contribution in [0.2, 0.25) is 0 Å². The van der Waals surface area contributed by atoms with Crippen molar-refractivity contribution in [2.75, 3.05) is 13.2 Å². The topological polar surface area (TPSA) is 50.4 Å².